The Kier molecular flexibility index (Phi) is 2.89. The third-order valence-electron chi connectivity index (χ3n) is 2.98. The van der Waals surface area contributed by atoms with Crippen LogP contribution in [-0.2, 0) is 4.79 Å². The van der Waals surface area contributed by atoms with Gasteiger partial charge in [-0.25, -0.2) is 0 Å². The van der Waals surface area contributed by atoms with Gasteiger partial charge in [0.05, 0.1) is 6.10 Å². The molecule has 1 N–H and O–H groups in total. The normalized spacial score (nSPS) is 23.3. The highest BCUT2D eigenvalue weighted by Gasteiger charge is 2.38. The Bertz CT molecular complexity index is 159. The smallest absolute Gasteiger partial charge is 0.126 e. The molecule has 0 aromatic carbocycles. The second-order valence-corrected chi connectivity index (χ2v) is 4.35. The van der Waals surface area contributed by atoms with Gasteiger partial charge in [0.15, 0.2) is 0 Å². The summed E-state index contributed by atoms with van der Waals surface area (Å²) < 4.78 is 0. The Morgan fingerprint density at radius 1 is 1.50 bits per heavy atom. The van der Waals surface area contributed by atoms with Crippen molar-refractivity contribution in [3.63, 3.8) is 0 Å². The monoisotopic (exact) mass is 170 g/mol. The maximum Gasteiger partial charge on any atom is 0.126 e. The molecule has 2 heteroatoms. The summed E-state index contributed by atoms with van der Waals surface area (Å²) >= 11 is 0. The van der Waals surface area contributed by atoms with E-state index in [4.69, 9.17) is 0 Å². The fraction of sp³-hybridized carbons (Fsp3) is 0.900. The van der Waals surface area contributed by atoms with Crippen LogP contribution in [0.5, 0.6) is 0 Å². The first kappa shape index (κ1) is 9.72. The molecule has 1 atom stereocenters. The van der Waals surface area contributed by atoms with Crippen LogP contribution in [0, 0.1) is 11.3 Å². The quantitative estimate of drug-likeness (QED) is 0.653. The molecule has 0 aliphatic heterocycles. The lowest BCUT2D eigenvalue weighted by atomic mass is 9.66. The van der Waals surface area contributed by atoms with E-state index in [1.54, 1.807) is 0 Å². The number of hydrogen-bond acceptors (Lipinski definition) is 2. The van der Waals surface area contributed by atoms with E-state index in [2.05, 4.69) is 0 Å². The molecule has 12 heavy (non-hydrogen) atoms. The molecule has 0 aromatic heterocycles. The van der Waals surface area contributed by atoms with Crippen LogP contribution in [-0.4, -0.2) is 17.5 Å². The third-order valence-corrected chi connectivity index (χ3v) is 2.98. The fourth-order valence-electron chi connectivity index (χ4n) is 1.65. The van der Waals surface area contributed by atoms with Crippen molar-refractivity contribution in [3.05, 3.63) is 0 Å². The number of aliphatic hydroxyl groups excluding tert-OH is 1. The van der Waals surface area contributed by atoms with Crippen molar-refractivity contribution in [1.29, 1.82) is 0 Å². The average Bonchev–Trinajstić information content (AvgIpc) is 1.96. The standard InChI is InChI=1S/C10H18O2/c1-8(2)9(12)6-10(7-11)4-3-5-10/h7-9,12H,3-6H2,1-2H3. The predicted octanol–water partition coefficient (Wildman–Crippen LogP) is 1.76. The van der Waals surface area contributed by atoms with Gasteiger partial charge in [-0.3, -0.25) is 0 Å². The van der Waals surface area contributed by atoms with Crippen molar-refractivity contribution < 1.29 is 9.90 Å². The van der Waals surface area contributed by atoms with E-state index >= 15 is 0 Å². The largest absolute Gasteiger partial charge is 0.393 e. The molecule has 70 valence electrons. The van der Waals surface area contributed by atoms with Crippen molar-refractivity contribution >= 4 is 6.29 Å². The minimum Gasteiger partial charge on any atom is -0.393 e. The number of carbonyl (C=O) groups is 1. The lowest BCUT2D eigenvalue weighted by Crippen LogP contribution is -2.36. The summed E-state index contributed by atoms with van der Waals surface area (Å²) in [5.74, 6) is 0.266. The number of aldehydes is 1. The molecule has 0 amide bonds. The number of aliphatic hydroxyl groups is 1. The third kappa shape index (κ3) is 1.86. The molecule has 1 rings (SSSR count). The fourth-order valence-corrected chi connectivity index (χ4v) is 1.65. The van der Waals surface area contributed by atoms with Gasteiger partial charge in [-0.05, 0) is 25.2 Å². The van der Waals surface area contributed by atoms with Crippen molar-refractivity contribution in [1.82, 2.24) is 0 Å². The molecule has 1 fully saturated rings. The molecule has 0 radical (unpaired) electrons. The van der Waals surface area contributed by atoms with Gasteiger partial charge in [0, 0.05) is 5.41 Å². The van der Waals surface area contributed by atoms with Crippen LogP contribution >= 0.6 is 0 Å². The van der Waals surface area contributed by atoms with Gasteiger partial charge in [0.2, 0.25) is 0 Å². The number of carbonyl (C=O) groups excluding carboxylic acids is 1. The first-order valence-corrected chi connectivity index (χ1v) is 4.74. The molecule has 1 aliphatic rings. The van der Waals surface area contributed by atoms with Crippen molar-refractivity contribution in [2.24, 2.45) is 11.3 Å². The zero-order valence-corrected chi connectivity index (χ0v) is 7.92. The summed E-state index contributed by atoms with van der Waals surface area (Å²) in [6.07, 6.45) is 4.48. The van der Waals surface area contributed by atoms with Crippen LogP contribution < -0.4 is 0 Å². The highest BCUT2D eigenvalue weighted by Crippen LogP contribution is 2.43. The Labute approximate surface area is 74.0 Å². The molecule has 0 aromatic rings. The second kappa shape index (κ2) is 3.56. The van der Waals surface area contributed by atoms with Gasteiger partial charge in [-0.15, -0.1) is 0 Å². The van der Waals surface area contributed by atoms with Gasteiger partial charge in [0.25, 0.3) is 0 Å². The molecule has 0 heterocycles. The average molecular weight is 170 g/mol. The van der Waals surface area contributed by atoms with E-state index in [1.165, 1.54) is 0 Å². The van der Waals surface area contributed by atoms with Crippen LogP contribution in [0.2, 0.25) is 0 Å². The minimum absolute atomic E-state index is 0.163. The maximum atomic E-state index is 10.8. The van der Waals surface area contributed by atoms with Gasteiger partial charge in [-0.2, -0.15) is 0 Å². The summed E-state index contributed by atoms with van der Waals surface area (Å²) in [7, 11) is 0. The van der Waals surface area contributed by atoms with Gasteiger partial charge < -0.3 is 9.90 Å². The highest BCUT2D eigenvalue weighted by molar-refractivity contribution is 5.60. The zero-order valence-electron chi connectivity index (χ0n) is 7.92. The molecule has 1 aliphatic carbocycles. The van der Waals surface area contributed by atoms with Crippen molar-refractivity contribution in [2.75, 3.05) is 0 Å². The van der Waals surface area contributed by atoms with E-state index in [-0.39, 0.29) is 17.4 Å². The molecule has 0 bridgehead atoms. The lowest BCUT2D eigenvalue weighted by Gasteiger charge is -2.38. The van der Waals surface area contributed by atoms with Crippen molar-refractivity contribution in [2.45, 2.75) is 45.6 Å². The topological polar surface area (TPSA) is 37.3 Å². The molecular formula is C10H18O2. The predicted molar refractivity (Wildman–Crippen MR) is 47.8 cm³/mol. The molecule has 0 saturated heterocycles. The van der Waals surface area contributed by atoms with Gasteiger partial charge in [-0.1, -0.05) is 20.3 Å². The van der Waals surface area contributed by atoms with Crippen LogP contribution in [0.15, 0.2) is 0 Å². The minimum atomic E-state index is -0.310. The first-order valence-electron chi connectivity index (χ1n) is 4.74. The Hall–Kier alpha value is -0.370. The van der Waals surface area contributed by atoms with Crippen molar-refractivity contribution in [3.8, 4) is 0 Å². The van der Waals surface area contributed by atoms with E-state index in [1.807, 2.05) is 13.8 Å². The van der Waals surface area contributed by atoms with Gasteiger partial charge in [0.1, 0.15) is 6.29 Å². The summed E-state index contributed by atoms with van der Waals surface area (Å²) in [5, 5.41) is 9.60. The van der Waals surface area contributed by atoms with E-state index < -0.39 is 0 Å². The summed E-state index contributed by atoms with van der Waals surface area (Å²) in [6.45, 7) is 3.98. The number of rotatable bonds is 4. The Balaban J connectivity index is 2.42. The first-order chi connectivity index (χ1) is 5.59. The van der Waals surface area contributed by atoms with Gasteiger partial charge >= 0.3 is 0 Å². The van der Waals surface area contributed by atoms with E-state index in [9.17, 15) is 9.90 Å². The Morgan fingerprint density at radius 3 is 2.33 bits per heavy atom. The van der Waals surface area contributed by atoms with E-state index in [0.717, 1.165) is 25.5 Å². The SMILES string of the molecule is CC(C)C(O)CC1(C=O)CCC1. The molecular weight excluding hydrogens is 152 g/mol. The highest BCUT2D eigenvalue weighted by atomic mass is 16.3. The van der Waals surface area contributed by atoms with Crippen LogP contribution in [0.1, 0.15) is 39.5 Å². The van der Waals surface area contributed by atoms with Crippen LogP contribution in [0.4, 0.5) is 0 Å². The summed E-state index contributed by atoms with van der Waals surface area (Å²) in [5.41, 5.74) is -0.163. The molecule has 1 unspecified atom stereocenters. The van der Waals surface area contributed by atoms with E-state index in [0.29, 0.717) is 6.42 Å². The van der Waals surface area contributed by atoms with Crippen LogP contribution in [0.25, 0.3) is 0 Å². The zero-order chi connectivity index (χ0) is 9.19. The maximum absolute atomic E-state index is 10.8. The molecule has 0 spiro atoms. The number of hydrogen-bond donors (Lipinski definition) is 1. The summed E-state index contributed by atoms with van der Waals surface area (Å²) in [4.78, 5) is 10.8. The lowest BCUT2D eigenvalue weighted by molar-refractivity contribution is -0.123. The Morgan fingerprint density at radius 2 is 2.08 bits per heavy atom. The summed E-state index contributed by atoms with van der Waals surface area (Å²) in [6, 6.07) is 0. The second-order valence-electron chi connectivity index (χ2n) is 4.35. The molecule has 2 nitrogen and oxygen atoms in total. The van der Waals surface area contributed by atoms with Crippen LogP contribution in [0.3, 0.4) is 0 Å². The molecule has 1 saturated carbocycles.